The van der Waals surface area contributed by atoms with E-state index < -0.39 is 0 Å². The molecule has 0 saturated carbocycles. The number of carbonyl (C=O) groups is 2. The number of aliphatic hydroxyl groups excluding tert-OH is 1. The summed E-state index contributed by atoms with van der Waals surface area (Å²) in [6.45, 7) is 6.64. The molecule has 0 aliphatic rings. The number of Topliss-reactive ketones (excluding diaryl/α,β-unsaturated/α-hetero) is 2. The van der Waals surface area contributed by atoms with E-state index in [4.69, 9.17) is 5.11 Å². The van der Waals surface area contributed by atoms with Crippen molar-refractivity contribution in [3.05, 3.63) is 11.8 Å². The van der Waals surface area contributed by atoms with Crippen LogP contribution in [0.15, 0.2) is 11.8 Å². The normalized spacial score (nSPS) is 9.29. The van der Waals surface area contributed by atoms with Crippen LogP contribution in [0.5, 0.6) is 0 Å². The molecule has 0 atom stereocenters. The van der Waals surface area contributed by atoms with Crippen LogP contribution in [0.1, 0.15) is 40.5 Å². The lowest BCUT2D eigenvalue weighted by molar-refractivity contribution is -0.117. The summed E-state index contributed by atoms with van der Waals surface area (Å²) in [5.74, 6) is 0.331. The van der Waals surface area contributed by atoms with Gasteiger partial charge in [-0.2, -0.15) is 0 Å². The van der Waals surface area contributed by atoms with E-state index in [-0.39, 0.29) is 17.0 Å². The lowest BCUT2D eigenvalue weighted by Gasteiger charge is -1.89. The van der Waals surface area contributed by atoms with Crippen LogP contribution >= 0.6 is 0 Å². The summed E-state index contributed by atoms with van der Waals surface area (Å²) in [5, 5.41) is 8.27. The highest BCUT2D eigenvalue weighted by Crippen LogP contribution is 1.96. The highest BCUT2D eigenvalue weighted by molar-refractivity contribution is 5.77. The molecule has 0 bridgehead atoms. The molecule has 0 unspecified atom stereocenters. The largest absolute Gasteiger partial charge is 0.870 e. The molecule has 0 saturated heterocycles. The third kappa shape index (κ3) is 22.4. The summed E-state index contributed by atoms with van der Waals surface area (Å²) in [5.41, 5.74) is 0.706. The van der Waals surface area contributed by atoms with E-state index in [1.54, 1.807) is 13.8 Å². The molecule has 4 nitrogen and oxygen atoms in total. The van der Waals surface area contributed by atoms with Crippen molar-refractivity contribution < 1.29 is 20.2 Å². The topological polar surface area (TPSA) is 84.4 Å². The highest BCUT2D eigenvalue weighted by atomic mass is 16.2. The van der Waals surface area contributed by atoms with Crippen molar-refractivity contribution in [3.8, 4) is 0 Å². The number of carbonyl (C=O) groups excluding carboxylic acids is 2. The van der Waals surface area contributed by atoms with Gasteiger partial charge in [0.1, 0.15) is 11.6 Å². The number of hydrogen-bond donors (Lipinski definition) is 1. The summed E-state index contributed by atoms with van der Waals surface area (Å²) in [4.78, 5) is 20.1. The van der Waals surface area contributed by atoms with Crippen molar-refractivity contribution in [1.29, 1.82) is 0 Å². The molecule has 0 aromatic carbocycles. The molecule has 84 valence electrons. The summed E-state index contributed by atoms with van der Waals surface area (Å²) >= 11 is 0. The van der Waals surface area contributed by atoms with Gasteiger partial charge in [-0.3, -0.25) is 4.79 Å². The highest BCUT2D eigenvalue weighted by Gasteiger charge is 1.92. The van der Waals surface area contributed by atoms with Crippen LogP contribution in [-0.2, 0) is 9.59 Å². The fourth-order valence-corrected chi connectivity index (χ4v) is 0.438. The van der Waals surface area contributed by atoms with Crippen molar-refractivity contribution in [3.63, 3.8) is 0 Å². The monoisotopic (exact) mass is 203 g/mol. The Kier molecular flexibility index (Phi) is 15.7. The van der Waals surface area contributed by atoms with Gasteiger partial charge in [0, 0.05) is 12.8 Å². The summed E-state index contributed by atoms with van der Waals surface area (Å²) in [7, 11) is 0. The lowest BCUT2D eigenvalue weighted by Crippen LogP contribution is -1.89. The van der Waals surface area contributed by atoms with Crippen molar-refractivity contribution in [2.45, 2.75) is 40.5 Å². The van der Waals surface area contributed by atoms with Gasteiger partial charge in [0.15, 0.2) is 0 Å². The molecule has 4 heteroatoms. The molecule has 0 aliphatic heterocycles. The van der Waals surface area contributed by atoms with Gasteiger partial charge in [-0.25, -0.2) is 0 Å². The van der Waals surface area contributed by atoms with Gasteiger partial charge in [0.2, 0.25) is 0 Å². The van der Waals surface area contributed by atoms with Gasteiger partial charge in [0.25, 0.3) is 0 Å². The summed E-state index contributed by atoms with van der Waals surface area (Å²) in [6.07, 6.45) is 1.98. The summed E-state index contributed by atoms with van der Waals surface area (Å²) < 4.78 is 0. The molecule has 14 heavy (non-hydrogen) atoms. The number of allylic oxidation sites excluding steroid dienone is 1. The van der Waals surface area contributed by atoms with Crippen LogP contribution in [-0.4, -0.2) is 22.1 Å². The molecular formula is C10H19O4-. The summed E-state index contributed by atoms with van der Waals surface area (Å²) in [6, 6.07) is 0. The molecular weight excluding hydrogens is 184 g/mol. The van der Waals surface area contributed by atoms with Crippen LogP contribution in [0, 0.1) is 0 Å². The van der Waals surface area contributed by atoms with Gasteiger partial charge < -0.3 is 15.4 Å². The second-order valence-corrected chi connectivity index (χ2v) is 2.91. The van der Waals surface area contributed by atoms with Crippen LogP contribution in [0.3, 0.4) is 0 Å². The quantitative estimate of drug-likeness (QED) is 0.713. The SMILES string of the molecule is CC(=O)C/C(C)=C\O.CCC(C)=O.[OH-]. The second-order valence-electron chi connectivity index (χ2n) is 2.91. The number of aliphatic hydroxyl groups is 1. The molecule has 2 N–H and O–H groups in total. The zero-order valence-electron chi connectivity index (χ0n) is 9.20. The Labute approximate surface area is 84.9 Å². The second kappa shape index (κ2) is 11.8. The molecule has 0 rings (SSSR count). The predicted octanol–water partition coefficient (Wildman–Crippen LogP) is 2.24. The number of ketones is 2. The van der Waals surface area contributed by atoms with Crippen LogP contribution in [0.25, 0.3) is 0 Å². The maximum absolute atomic E-state index is 10.3. The molecule has 0 aromatic heterocycles. The van der Waals surface area contributed by atoms with Crippen LogP contribution in [0.2, 0.25) is 0 Å². The van der Waals surface area contributed by atoms with E-state index in [1.165, 1.54) is 6.92 Å². The lowest BCUT2D eigenvalue weighted by atomic mass is 10.2. The average Bonchev–Trinajstić information content (AvgIpc) is 2.04. The van der Waals surface area contributed by atoms with Crippen molar-refractivity contribution in [2.24, 2.45) is 0 Å². The number of hydrogen-bond acceptors (Lipinski definition) is 4. The fraction of sp³-hybridized carbons (Fsp3) is 0.600. The zero-order chi connectivity index (χ0) is 10.9. The zero-order valence-corrected chi connectivity index (χ0v) is 9.20. The third-order valence-corrected chi connectivity index (χ3v) is 1.25. The molecule has 0 radical (unpaired) electrons. The number of rotatable bonds is 3. The van der Waals surface area contributed by atoms with Gasteiger partial charge in [-0.15, -0.1) is 0 Å². The van der Waals surface area contributed by atoms with E-state index in [0.717, 1.165) is 6.26 Å². The first-order valence-corrected chi connectivity index (χ1v) is 4.22. The Morgan fingerprint density at radius 2 is 1.50 bits per heavy atom. The first kappa shape index (κ1) is 18.6. The molecule has 0 spiro atoms. The molecule has 0 amide bonds. The minimum atomic E-state index is 0. The van der Waals surface area contributed by atoms with Crippen LogP contribution in [0.4, 0.5) is 0 Å². The van der Waals surface area contributed by atoms with Crippen molar-refractivity contribution >= 4 is 11.6 Å². The first-order valence-electron chi connectivity index (χ1n) is 4.22. The molecule has 0 aliphatic carbocycles. The van der Waals surface area contributed by atoms with Gasteiger partial charge >= 0.3 is 0 Å². The Morgan fingerprint density at radius 3 is 1.57 bits per heavy atom. The van der Waals surface area contributed by atoms with Gasteiger partial charge in [-0.05, 0) is 26.3 Å². The Morgan fingerprint density at radius 1 is 1.14 bits per heavy atom. The van der Waals surface area contributed by atoms with Crippen molar-refractivity contribution in [1.82, 2.24) is 0 Å². The fourth-order valence-electron chi connectivity index (χ4n) is 0.438. The smallest absolute Gasteiger partial charge is 0.133 e. The van der Waals surface area contributed by atoms with E-state index >= 15 is 0 Å². The minimum Gasteiger partial charge on any atom is -0.870 e. The Hall–Kier alpha value is -1.16. The minimum absolute atomic E-state index is 0. The third-order valence-electron chi connectivity index (χ3n) is 1.25. The maximum atomic E-state index is 10.3. The maximum Gasteiger partial charge on any atom is 0.133 e. The van der Waals surface area contributed by atoms with Crippen LogP contribution < -0.4 is 0 Å². The first-order chi connectivity index (χ1) is 5.93. The molecule has 0 aromatic rings. The van der Waals surface area contributed by atoms with E-state index in [9.17, 15) is 9.59 Å². The Balaban J connectivity index is -0.000000177. The van der Waals surface area contributed by atoms with Gasteiger partial charge in [-0.1, -0.05) is 6.92 Å². The average molecular weight is 203 g/mol. The standard InChI is InChI=1S/C6H10O2.C4H8O.H2O/c1-5(4-7)3-6(2)8;1-3-4(2)5;/h4,7H,3H2,1-2H3;3H2,1-2H3;1H2/p-1/b5-4-;;. The Bertz CT molecular complexity index is 194. The van der Waals surface area contributed by atoms with E-state index in [2.05, 4.69) is 0 Å². The van der Waals surface area contributed by atoms with E-state index in [0.29, 0.717) is 18.4 Å². The van der Waals surface area contributed by atoms with Crippen molar-refractivity contribution in [2.75, 3.05) is 0 Å². The molecule has 0 heterocycles. The van der Waals surface area contributed by atoms with E-state index in [1.807, 2.05) is 6.92 Å². The predicted molar refractivity (Wildman–Crippen MR) is 54.6 cm³/mol. The molecule has 0 fully saturated rings. The van der Waals surface area contributed by atoms with Gasteiger partial charge in [0.05, 0.1) is 6.26 Å².